The predicted molar refractivity (Wildman–Crippen MR) is 86.3 cm³/mol. The van der Waals surface area contributed by atoms with Crippen LogP contribution in [0.25, 0.3) is 0 Å². The van der Waals surface area contributed by atoms with Crippen LogP contribution < -0.4 is 10.6 Å². The van der Waals surface area contributed by atoms with Gasteiger partial charge in [0.1, 0.15) is 0 Å². The summed E-state index contributed by atoms with van der Waals surface area (Å²) in [4.78, 5) is 14.0. The Kier molecular flexibility index (Phi) is 8.04. The third-order valence-corrected chi connectivity index (χ3v) is 4.42. The molecule has 21 heavy (non-hydrogen) atoms. The molecule has 1 rings (SSSR count). The van der Waals surface area contributed by atoms with E-state index in [2.05, 4.69) is 22.6 Å². The first-order chi connectivity index (χ1) is 9.93. The van der Waals surface area contributed by atoms with Gasteiger partial charge in [-0.15, -0.1) is 0 Å². The minimum Gasteiger partial charge on any atom is -0.396 e. The smallest absolute Gasteiger partial charge is 0.314 e. The van der Waals surface area contributed by atoms with Gasteiger partial charge in [-0.1, -0.05) is 13.8 Å². The molecular weight excluding hydrogens is 266 g/mol. The maximum Gasteiger partial charge on any atom is 0.314 e. The summed E-state index contributed by atoms with van der Waals surface area (Å²) in [5, 5.41) is 15.0. The Bertz CT molecular complexity index is 300. The monoisotopic (exact) mass is 299 g/mol. The Labute approximate surface area is 129 Å². The van der Waals surface area contributed by atoms with Crippen molar-refractivity contribution in [1.82, 2.24) is 15.5 Å². The average molecular weight is 299 g/mol. The number of nitrogens with zero attached hydrogens (tertiary/aromatic N) is 1. The number of aliphatic hydroxyl groups excluding tert-OH is 1. The molecule has 124 valence electrons. The zero-order valence-corrected chi connectivity index (χ0v) is 14.0. The van der Waals surface area contributed by atoms with Gasteiger partial charge < -0.3 is 20.6 Å². The van der Waals surface area contributed by atoms with Gasteiger partial charge in [0.25, 0.3) is 0 Å². The Morgan fingerprint density at radius 2 is 1.86 bits per heavy atom. The van der Waals surface area contributed by atoms with Crippen molar-refractivity contribution >= 4 is 6.03 Å². The zero-order valence-electron chi connectivity index (χ0n) is 14.0. The molecule has 5 nitrogen and oxygen atoms in total. The van der Waals surface area contributed by atoms with Crippen LogP contribution in [-0.4, -0.2) is 55.9 Å². The lowest BCUT2D eigenvalue weighted by atomic mass is 9.89. The van der Waals surface area contributed by atoms with E-state index in [4.69, 9.17) is 5.11 Å². The number of piperidine rings is 1. The third kappa shape index (κ3) is 8.27. The van der Waals surface area contributed by atoms with E-state index >= 15 is 0 Å². The zero-order chi connectivity index (χ0) is 15.7. The molecule has 1 aliphatic rings. The quantitative estimate of drug-likeness (QED) is 0.599. The Morgan fingerprint density at radius 3 is 2.48 bits per heavy atom. The van der Waals surface area contributed by atoms with Crippen molar-refractivity contribution in [2.75, 3.05) is 39.8 Å². The summed E-state index contributed by atoms with van der Waals surface area (Å²) >= 11 is 0. The van der Waals surface area contributed by atoms with Gasteiger partial charge in [-0.3, -0.25) is 0 Å². The standard InChI is InChI=1S/C16H33N3O2/c1-16(2,13-20)8-4-9-17-15(21)18-10-5-14-6-11-19(3)12-7-14/h14,20H,4-13H2,1-3H3,(H2,17,18,21). The molecule has 3 N–H and O–H groups in total. The number of likely N-dealkylation sites (tertiary alicyclic amines) is 1. The second-order valence-corrected chi connectivity index (χ2v) is 7.14. The highest BCUT2D eigenvalue weighted by molar-refractivity contribution is 5.73. The molecule has 0 unspecified atom stereocenters. The van der Waals surface area contributed by atoms with E-state index < -0.39 is 0 Å². The van der Waals surface area contributed by atoms with Gasteiger partial charge in [0.05, 0.1) is 0 Å². The van der Waals surface area contributed by atoms with Crippen LogP contribution in [0.2, 0.25) is 0 Å². The van der Waals surface area contributed by atoms with Crippen molar-refractivity contribution < 1.29 is 9.90 Å². The fraction of sp³-hybridized carbons (Fsp3) is 0.938. The molecule has 0 aromatic heterocycles. The lowest BCUT2D eigenvalue weighted by molar-refractivity contribution is 0.148. The molecular formula is C16H33N3O2. The number of carbonyl (C=O) groups is 1. The molecule has 0 aromatic carbocycles. The van der Waals surface area contributed by atoms with E-state index in [-0.39, 0.29) is 18.1 Å². The largest absolute Gasteiger partial charge is 0.396 e. The van der Waals surface area contributed by atoms with Crippen LogP contribution in [-0.2, 0) is 0 Å². The van der Waals surface area contributed by atoms with Gasteiger partial charge in [-0.25, -0.2) is 4.79 Å². The first-order valence-electron chi connectivity index (χ1n) is 8.24. The first-order valence-corrected chi connectivity index (χ1v) is 8.24. The summed E-state index contributed by atoms with van der Waals surface area (Å²) in [5.74, 6) is 0.756. The first kappa shape index (κ1) is 18.2. The van der Waals surface area contributed by atoms with E-state index in [9.17, 15) is 4.79 Å². The molecule has 1 heterocycles. The van der Waals surface area contributed by atoms with Gasteiger partial charge >= 0.3 is 6.03 Å². The van der Waals surface area contributed by atoms with E-state index in [1.165, 1.54) is 25.9 Å². The number of amides is 2. The number of aliphatic hydroxyl groups is 1. The van der Waals surface area contributed by atoms with Crippen molar-refractivity contribution in [3.8, 4) is 0 Å². The van der Waals surface area contributed by atoms with Crippen LogP contribution in [0.4, 0.5) is 4.79 Å². The van der Waals surface area contributed by atoms with Crippen LogP contribution in [0.1, 0.15) is 46.0 Å². The SMILES string of the molecule is CN1CCC(CCNC(=O)NCCCC(C)(C)CO)CC1. The number of urea groups is 1. The van der Waals surface area contributed by atoms with Gasteiger partial charge in [0.2, 0.25) is 0 Å². The molecule has 2 amide bonds. The molecule has 1 fully saturated rings. The average Bonchev–Trinajstić information content (AvgIpc) is 2.46. The number of nitrogens with one attached hydrogen (secondary N) is 2. The molecule has 0 aliphatic carbocycles. The van der Waals surface area contributed by atoms with E-state index in [1.54, 1.807) is 0 Å². The second-order valence-electron chi connectivity index (χ2n) is 7.14. The Morgan fingerprint density at radius 1 is 1.24 bits per heavy atom. The molecule has 0 atom stereocenters. The summed E-state index contributed by atoms with van der Waals surface area (Å²) in [6.45, 7) is 8.06. The number of hydrogen-bond donors (Lipinski definition) is 3. The van der Waals surface area contributed by atoms with Gasteiger partial charge in [0.15, 0.2) is 0 Å². The molecule has 0 aromatic rings. The van der Waals surface area contributed by atoms with Crippen LogP contribution >= 0.6 is 0 Å². The third-order valence-electron chi connectivity index (χ3n) is 4.42. The van der Waals surface area contributed by atoms with Crippen molar-refractivity contribution in [1.29, 1.82) is 0 Å². The van der Waals surface area contributed by atoms with Crippen LogP contribution in [0.3, 0.4) is 0 Å². The summed E-state index contributed by atoms with van der Waals surface area (Å²) in [5.41, 5.74) is -0.0493. The summed E-state index contributed by atoms with van der Waals surface area (Å²) in [6, 6.07) is -0.0651. The second kappa shape index (κ2) is 9.26. The number of hydrogen-bond acceptors (Lipinski definition) is 3. The lowest BCUT2D eigenvalue weighted by Crippen LogP contribution is -2.38. The van der Waals surface area contributed by atoms with E-state index in [1.807, 2.05) is 13.8 Å². The number of rotatable bonds is 8. The molecule has 1 aliphatic heterocycles. The maximum atomic E-state index is 11.7. The van der Waals surface area contributed by atoms with Crippen LogP contribution in [0.5, 0.6) is 0 Å². The highest BCUT2D eigenvalue weighted by atomic mass is 16.3. The van der Waals surface area contributed by atoms with Crippen molar-refractivity contribution in [2.45, 2.75) is 46.0 Å². The molecule has 5 heteroatoms. The van der Waals surface area contributed by atoms with E-state index in [0.29, 0.717) is 6.54 Å². The highest BCUT2D eigenvalue weighted by Gasteiger charge is 2.17. The van der Waals surface area contributed by atoms with E-state index in [0.717, 1.165) is 31.7 Å². The Balaban J connectivity index is 1.99. The van der Waals surface area contributed by atoms with Crippen molar-refractivity contribution in [2.24, 2.45) is 11.3 Å². The minimum absolute atomic E-state index is 0.0493. The molecule has 0 saturated carbocycles. The summed E-state index contributed by atoms with van der Waals surface area (Å²) in [6.07, 6.45) is 5.39. The minimum atomic E-state index is -0.0651. The van der Waals surface area contributed by atoms with Crippen LogP contribution in [0.15, 0.2) is 0 Å². The normalized spacial score (nSPS) is 17.7. The predicted octanol–water partition coefficient (Wildman–Crippen LogP) is 1.82. The summed E-state index contributed by atoms with van der Waals surface area (Å²) in [7, 11) is 2.17. The highest BCUT2D eigenvalue weighted by Crippen LogP contribution is 2.20. The Hall–Kier alpha value is -0.810. The van der Waals surface area contributed by atoms with Crippen molar-refractivity contribution in [3.63, 3.8) is 0 Å². The van der Waals surface area contributed by atoms with Gasteiger partial charge in [-0.05, 0) is 63.6 Å². The summed E-state index contributed by atoms with van der Waals surface area (Å²) < 4.78 is 0. The lowest BCUT2D eigenvalue weighted by Gasteiger charge is -2.28. The molecule has 0 radical (unpaired) electrons. The topological polar surface area (TPSA) is 64.6 Å². The fourth-order valence-electron chi connectivity index (χ4n) is 2.65. The molecule has 0 bridgehead atoms. The molecule has 1 saturated heterocycles. The van der Waals surface area contributed by atoms with Gasteiger partial charge in [0, 0.05) is 19.7 Å². The van der Waals surface area contributed by atoms with Crippen LogP contribution in [0, 0.1) is 11.3 Å². The fourth-order valence-corrected chi connectivity index (χ4v) is 2.65. The molecule has 0 spiro atoms. The van der Waals surface area contributed by atoms with Gasteiger partial charge in [-0.2, -0.15) is 0 Å². The maximum absolute atomic E-state index is 11.7. The number of carbonyl (C=O) groups excluding carboxylic acids is 1. The van der Waals surface area contributed by atoms with Crippen molar-refractivity contribution in [3.05, 3.63) is 0 Å².